The molecule has 0 radical (unpaired) electrons. The second kappa shape index (κ2) is 6.35. The van der Waals surface area contributed by atoms with Gasteiger partial charge in [-0.25, -0.2) is 0 Å². The fourth-order valence-corrected chi connectivity index (χ4v) is 2.44. The Kier molecular flexibility index (Phi) is 4.53. The standard InChI is InChI=1S/C18H20O/c1-4-14-11-12-15-9-7-8-10-16(15)13-18(19-6-3)17(14)5-2/h4-5,7-12,18H,1-2,6,13H2,3H3/b12-11-,17-14-. The van der Waals surface area contributed by atoms with E-state index in [0.717, 1.165) is 17.6 Å². The van der Waals surface area contributed by atoms with Gasteiger partial charge < -0.3 is 4.74 Å². The average Bonchev–Trinajstić information content (AvgIpc) is 2.42. The Balaban J connectivity index is 2.52. The fourth-order valence-electron chi connectivity index (χ4n) is 2.44. The number of hydrogen-bond acceptors (Lipinski definition) is 1. The molecule has 2 rings (SSSR count). The largest absolute Gasteiger partial charge is 0.373 e. The fraction of sp³-hybridized carbons (Fsp3) is 0.222. The van der Waals surface area contributed by atoms with Crippen LogP contribution in [0.15, 0.2) is 66.8 Å². The molecule has 1 aliphatic rings. The third-order valence-corrected chi connectivity index (χ3v) is 3.39. The van der Waals surface area contributed by atoms with Crippen molar-refractivity contribution in [3.8, 4) is 0 Å². The van der Waals surface area contributed by atoms with Crippen LogP contribution in [-0.2, 0) is 11.2 Å². The first-order valence-electron chi connectivity index (χ1n) is 6.66. The molecule has 0 heterocycles. The third-order valence-electron chi connectivity index (χ3n) is 3.39. The predicted molar refractivity (Wildman–Crippen MR) is 82.0 cm³/mol. The minimum Gasteiger partial charge on any atom is -0.373 e. The van der Waals surface area contributed by atoms with Crippen LogP contribution in [0.25, 0.3) is 6.08 Å². The zero-order valence-electron chi connectivity index (χ0n) is 11.4. The Morgan fingerprint density at radius 3 is 2.68 bits per heavy atom. The Morgan fingerprint density at radius 1 is 1.21 bits per heavy atom. The van der Waals surface area contributed by atoms with Gasteiger partial charge in [0.15, 0.2) is 0 Å². The molecule has 19 heavy (non-hydrogen) atoms. The first kappa shape index (κ1) is 13.6. The van der Waals surface area contributed by atoms with Crippen LogP contribution < -0.4 is 0 Å². The van der Waals surface area contributed by atoms with Gasteiger partial charge in [0.1, 0.15) is 0 Å². The van der Waals surface area contributed by atoms with Crippen molar-refractivity contribution in [2.75, 3.05) is 6.61 Å². The van der Waals surface area contributed by atoms with Crippen molar-refractivity contribution in [3.05, 3.63) is 77.9 Å². The monoisotopic (exact) mass is 252 g/mol. The molecule has 98 valence electrons. The zero-order chi connectivity index (χ0) is 13.7. The molecule has 0 saturated carbocycles. The Labute approximate surface area is 115 Å². The van der Waals surface area contributed by atoms with Crippen molar-refractivity contribution in [3.63, 3.8) is 0 Å². The summed E-state index contributed by atoms with van der Waals surface area (Å²) in [5.41, 5.74) is 4.75. The van der Waals surface area contributed by atoms with Crippen molar-refractivity contribution < 1.29 is 4.74 Å². The molecule has 1 atom stereocenters. The molecule has 0 amide bonds. The van der Waals surface area contributed by atoms with Crippen LogP contribution in [0.4, 0.5) is 0 Å². The Morgan fingerprint density at radius 2 is 2.00 bits per heavy atom. The maximum atomic E-state index is 5.90. The smallest absolute Gasteiger partial charge is 0.0870 e. The molecule has 1 heteroatoms. The molecule has 1 unspecified atom stereocenters. The molecule has 1 aromatic rings. The van der Waals surface area contributed by atoms with Crippen LogP contribution in [0.1, 0.15) is 18.1 Å². The lowest BCUT2D eigenvalue weighted by Gasteiger charge is -2.23. The molecule has 0 saturated heterocycles. The molecule has 0 N–H and O–H groups in total. The molecule has 1 nitrogen and oxygen atoms in total. The SMILES string of the molecule is C=CC1=C(\C=C)C(OCC)Cc2ccccc2/C=C\1. The maximum absolute atomic E-state index is 5.90. The number of fused-ring (bicyclic) bond motifs is 1. The van der Waals surface area contributed by atoms with E-state index in [-0.39, 0.29) is 6.10 Å². The molecule has 0 aromatic heterocycles. The van der Waals surface area contributed by atoms with Gasteiger partial charge in [-0.05, 0) is 29.2 Å². The van der Waals surface area contributed by atoms with E-state index in [1.807, 2.05) is 19.1 Å². The van der Waals surface area contributed by atoms with E-state index in [1.165, 1.54) is 11.1 Å². The van der Waals surface area contributed by atoms with Crippen LogP contribution in [0.5, 0.6) is 0 Å². The van der Waals surface area contributed by atoms with Gasteiger partial charge in [-0.2, -0.15) is 0 Å². The van der Waals surface area contributed by atoms with E-state index < -0.39 is 0 Å². The van der Waals surface area contributed by atoms with E-state index in [1.54, 1.807) is 0 Å². The molecule has 0 bridgehead atoms. The van der Waals surface area contributed by atoms with E-state index >= 15 is 0 Å². The minimum absolute atomic E-state index is 0.0431. The highest BCUT2D eigenvalue weighted by molar-refractivity contribution is 5.61. The van der Waals surface area contributed by atoms with Crippen molar-refractivity contribution in [2.45, 2.75) is 19.4 Å². The van der Waals surface area contributed by atoms with E-state index in [4.69, 9.17) is 4.74 Å². The number of rotatable bonds is 4. The van der Waals surface area contributed by atoms with E-state index in [2.05, 4.69) is 49.6 Å². The van der Waals surface area contributed by atoms with Gasteiger partial charge in [0.05, 0.1) is 6.10 Å². The lowest BCUT2D eigenvalue weighted by molar-refractivity contribution is 0.0905. The second-order valence-corrected chi connectivity index (χ2v) is 4.50. The van der Waals surface area contributed by atoms with Crippen LogP contribution in [0.3, 0.4) is 0 Å². The predicted octanol–water partition coefficient (Wildman–Crippen LogP) is 4.33. The highest BCUT2D eigenvalue weighted by Crippen LogP contribution is 2.25. The number of allylic oxidation sites excluding steroid dienone is 3. The normalized spacial score (nSPS) is 23.9. The molecular formula is C18H20O. The van der Waals surface area contributed by atoms with Gasteiger partial charge >= 0.3 is 0 Å². The molecular weight excluding hydrogens is 232 g/mol. The van der Waals surface area contributed by atoms with Gasteiger partial charge in [-0.15, -0.1) is 0 Å². The zero-order valence-corrected chi connectivity index (χ0v) is 11.4. The summed E-state index contributed by atoms with van der Waals surface area (Å²) in [6.07, 6.45) is 8.89. The van der Waals surface area contributed by atoms with Gasteiger partial charge in [0.25, 0.3) is 0 Å². The summed E-state index contributed by atoms with van der Waals surface area (Å²) in [6, 6.07) is 8.43. The summed E-state index contributed by atoms with van der Waals surface area (Å²) in [4.78, 5) is 0. The molecule has 0 aliphatic heterocycles. The van der Waals surface area contributed by atoms with E-state index in [0.29, 0.717) is 6.61 Å². The van der Waals surface area contributed by atoms with E-state index in [9.17, 15) is 0 Å². The Hall–Kier alpha value is -1.86. The van der Waals surface area contributed by atoms with Gasteiger partial charge in [0.2, 0.25) is 0 Å². The van der Waals surface area contributed by atoms with Gasteiger partial charge in [-0.3, -0.25) is 0 Å². The van der Waals surface area contributed by atoms with Gasteiger partial charge in [0, 0.05) is 13.0 Å². The van der Waals surface area contributed by atoms with Crippen LogP contribution in [0, 0.1) is 0 Å². The third kappa shape index (κ3) is 2.94. The first-order valence-corrected chi connectivity index (χ1v) is 6.66. The molecule has 1 aliphatic carbocycles. The van der Waals surface area contributed by atoms with Crippen molar-refractivity contribution in [1.82, 2.24) is 0 Å². The second-order valence-electron chi connectivity index (χ2n) is 4.50. The number of ether oxygens (including phenoxy) is 1. The van der Waals surface area contributed by atoms with Crippen molar-refractivity contribution in [2.24, 2.45) is 0 Å². The average molecular weight is 252 g/mol. The maximum Gasteiger partial charge on any atom is 0.0870 e. The highest BCUT2D eigenvalue weighted by atomic mass is 16.5. The lowest BCUT2D eigenvalue weighted by Crippen LogP contribution is -2.20. The minimum atomic E-state index is 0.0431. The number of hydrogen-bond donors (Lipinski definition) is 0. The summed E-state index contributed by atoms with van der Waals surface area (Å²) in [7, 11) is 0. The lowest BCUT2D eigenvalue weighted by atomic mass is 9.91. The summed E-state index contributed by atoms with van der Waals surface area (Å²) < 4.78 is 5.90. The van der Waals surface area contributed by atoms with Crippen LogP contribution >= 0.6 is 0 Å². The quantitative estimate of drug-likeness (QED) is 0.775. The summed E-state index contributed by atoms with van der Waals surface area (Å²) >= 11 is 0. The summed E-state index contributed by atoms with van der Waals surface area (Å²) in [5, 5.41) is 0. The molecule has 1 aromatic carbocycles. The van der Waals surface area contributed by atoms with Gasteiger partial charge in [-0.1, -0.05) is 61.7 Å². The summed E-state index contributed by atoms with van der Waals surface area (Å²) in [6.45, 7) is 10.5. The van der Waals surface area contributed by atoms with Crippen LogP contribution in [0.2, 0.25) is 0 Å². The first-order chi connectivity index (χ1) is 9.30. The molecule has 0 spiro atoms. The summed E-state index contributed by atoms with van der Waals surface area (Å²) in [5.74, 6) is 0. The number of benzene rings is 1. The Bertz CT molecular complexity index is 534. The van der Waals surface area contributed by atoms with Crippen molar-refractivity contribution >= 4 is 6.08 Å². The molecule has 0 fully saturated rings. The topological polar surface area (TPSA) is 9.23 Å². The van der Waals surface area contributed by atoms with Crippen LogP contribution in [-0.4, -0.2) is 12.7 Å². The highest BCUT2D eigenvalue weighted by Gasteiger charge is 2.18. The van der Waals surface area contributed by atoms with Crippen molar-refractivity contribution in [1.29, 1.82) is 0 Å².